The van der Waals surface area contributed by atoms with Gasteiger partial charge in [-0.15, -0.1) is 11.8 Å². The van der Waals surface area contributed by atoms with Crippen molar-refractivity contribution in [3.8, 4) is 0 Å². The normalized spacial score (nSPS) is 13.7. The van der Waals surface area contributed by atoms with Crippen molar-refractivity contribution >= 4 is 22.7 Å². The second-order valence-electron chi connectivity index (χ2n) is 5.76. The van der Waals surface area contributed by atoms with E-state index in [1.165, 1.54) is 0 Å². The van der Waals surface area contributed by atoms with Gasteiger partial charge in [-0.25, -0.2) is 9.97 Å². The zero-order chi connectivity index (χ0) is 13.9. The number of aromatic nitrogens is 2. The fourth-order valence-corrected chi connectivity index (χ4v) is 2.71. The predicted octanol–water partition coefficient (Wildman–Crippen LogP) is 3.50. The van der Waals surface area contributed by atoms with Crippen LogP contribution in [0.5, 0.6) is 0 Å². The minimum atomic E-state index is 0.155. The molecule has 19 heavy (non-hydrogen) atoms. The van der Waals surface area contributed by atoms with E-state index in [2.05, 4.69) is 49.0 Å². The van der Waals surface area contributed by atoms with Crippen LogP contribution in [0, 0.1) is 0 Å². The molecule has 0 amide bonds. The zero-order valence-electron chi connectivity index (χ0n) is 12.0. The maximum absolute atomic E-state index is 4.42. The summed E-state index contributed by atoms with van der Waals surface area (Å²) in [6.07, 6.45) is 1.65. The Hall–Kier alpha value is -1.13. The first-order chi connectivity index (χ1) is 8.96. The number of hydrogen-bond acceptors (Lipinski definition) is 4. The largest absolute Gasteiger partial charge is 0.311 e. The molecule has 0 bridgehead atoms. The first-order valence-electron chi connectivity index (χ1n) is 6.57. The number of fused-ring (bicyclic) bond motifs is 1. The maximum Gasteiger partial charge on any atom is 0.117 e. The van der Waals surface area contributed by atoms with Crippen molar-refractivity contribution in [2.45, 2.75) is 43.5 Å². The van der Waals surface area contributed by atoms with Crippen LogP contribution in [0.25, 0.3) is 10.9 Å². The van der Waals surface area contributed by atoms with Crippen molar-refractivity contribution < 1.29 is 0 Å². The molecule has 2 aromatic rings. The molecule has 1 N–H and O–H groups in total. The van der Waals surface area contributed by atoms with Crippen molar-refractivity contribution in [1.82, 2.24) is 15.3 Å². The summed E-state index contributed by atoms with van der Waals surface area (Å²) >= 11 is 1.80. The fourth-order valence-electron chi connectivity index (χ4n) is 1.76. The molecule has 1 aromatic heterocycles. The Morgan fingerprint density at radius 1 is 1.21 bits per heavy atom. The van der Waals surface area contributed by atoms with Crippen molar-refractivity contribution in [2.75, 3.05) is 6.54 Å². The van der Waals surface area contributed by atoms with E-state index in [-0.39, 0.29) is 5.54 Å². The molecule has 0 saturated carbocycles. The van der Waals surface area contributed by atoms with Gasteiger partial charge in [-0.2, -0.15) is 0 Å². The van der Waals surface area contributed by atoms with Crippen LogP contribution in [-0.2, 0) is 0 Å². The molecule has 0 fully saturated rings. The number of thioether (sulfide) groups is 1. The van der Waals surface area contributed by atoms with Crippen LogP contribution < -0.4 is 5.32 Å². The molecule has 4 heteroatoms. The monoisotopic (exact) mass is 275 g/mol. The van der Waals surface area contributed by atoms with Gasteiger partial charge < -0.3 is 5.32 Å². The Labute approximate surface area is 119 Å². The Bertz CT molecular complexity index is 543. The number of rotatable bonds is 4. The minimum Gasteiger partial charge on any atom is -0.311 e. The van der Waals surface area contributed by atoms with Gasteiger partial charge in [0.05, 0.1) is 5.52 Å². The second-order valence-corrected chi connectivity index (χ2v) is 7.18. The summed E-state index contributed by atoms with van der Waals surface area (Å²) in [6.45, 7) is 9.74. The van der Waals surface area contributed by atoms with Gasteiger partial charge in [0.1, 0.15) is 11.4 Å². The van der Waals surface area contributed by atoms with Gasteiger partial charge in [0.25, 0.3) is 0 Å². The number of nitrogens with zero attached hydrogens (tertiary/aromatic N) is 2. The van der Waals surface area contributed by atoms with Gasteiger partial charge in [0.2, 0.25) is 0 Å². The van der Waals surface area contributed by atoms with Crippen molar-refractivity contribution in [3.63, 3.8) is 0 Å². The summed E-state index contributed by atoms with van der Waals surface area (Å²) in [6, 6.07) is 8.16. The molecule has 0 spiro atoms. The van der Waals surface area contributed by atoms with Crippen LogP contribution in [0.15, 0.2) is 35.6 Å². The quantitative estimate of drug-likeness (QED) is 0.684. The number of nitrogens with one attached hydrogen (secondary N) is 1. The van der Waals surface area contributed by atoms with Crippen LogP contribution in [0.4, 0.5) is 0 Å². The standard InChI is InChI=1S/C15H21N3S/c1-11(9-18-15(2,3)4)19-14-12-7-5-6-8-13(12)16-10-17-14/h5-8,10-11,18H,9H2,1-4H3. The molecule has 0 aliphatic heterocycles. The summed E-state index contributed by atoms with van der Waals surface area (Å²) < 4.78 is 0. The lowest BCUT2D eigenvalue weighted by atomic mass is 10.1. The molecule has 1 aromatic carbocycles. The average molecular weight is 275 g/mol. The van der Waals surface area contributed by atoms with Crippen LogP contribution in [0.1, 0.15) is 27.7 Å². The van der Waals surface area contributed by atoms with E-state index in [9.17, 15) is 0 Å². The highest BCUT2D eigenvalue weighted by atomic mass is 32.2. The number of hydrogen-bond donors (Lipinski definition) is 1. The average Bonchev–Trinajstić information content (AvgIpc) is 2.36. The first kappa shape index (κ1) is 14.3. The lowest BCUT2D eigenvalue weighted by Crippen LogP contribution is -2.39. The molecule has 3 nitrogen and oxygen atoms in total. The molecule has 1 heterocycles. The van der Waals surface area contributed by atoms with E-state index in [4.69, 9.17) is 0 Å². The van der Waals surface area contributed by atoms with Gasteiger partial charge in [-0.05, 0) is 26.8 Å². The summed E-state index contributed by atoms with van der Waals surface area (Å²) in [4.78, 5) is 8.71. The predicted molar refractivity (Wildman–Crippen MR) is 82.6 cm³/mol. The molecular weight excluding hydrogens is 254 g/mol. The second kappa shape index (κ2) is 5.88. The highest BCUT2D eigenvalue weighted by Gasteiger charge is 2.13. The van der Waals surface area contributed by atoms with Gasteiger partial charge in [0.15, 0.2) is 0 Å². The van der Waals surface area contributed by atoms with E-state index in [0.717, 1.165) is 22.5 Å². The molecule has 1 atom stereocenters. The summed E-state index contributed by atoms with van der Waals surface area (Å²) in [7, 11) is 0. The zero-order valence-corrected chi connectivity index (χ0v) is 12.8. The number of benzene rings is 1. The minimum absolute atomic E-state index is 0.155. The first-order valence-corrected chi connectivity index (χ1v) is 7.45. The van der Waals surface area contributed by atoms with E-state index in [0.29, 0.717) is 5.25 Å². The summed E-state index contributed by atoms with van der Waals surface area (Å²) in [5.74, 6) is 0. The lowest BCUT2D eigenvalue weighted by molar-refractivity contribution is 0.429. The van der Waals surface area contributed by atoms with Gasteiger partial charge in [0, 0.05) is 22.7 Å². The Kier molecular flexibility index (Phi) is 4.42. The third-order valence-electron chi connectivity index (χ3n) is 2.74. The SMILES string of the molecule is CC(CNC(C)(C)C)Sc1ncnc2ccccc12. The topological polar surface area (TPSA) is 37.8 Å². The van der Waals surface area contributed by atoms with Crippen molar-refractivity contribution in [2.24, 2.45) is 0 Å². The fraction of sp³-hybridized carbons (Fsp3) is 0.467. The molecular formula is C15H21N3S. The highest BCUT2D eigenvalue weighted by Crippen LogP contribution is 2.27. The lowest BCUT2D eigenvalue weighted by Gasteiger charge is -2.23. The Morgan fingerprint density at radius 3 is 2.68 bits per heavy atom. The van der Waals surface area contributed by atoms with Crippen LogP contribution in [-0.4, -0.2) is 27.3 Å². The third-order valence-corrected chi connectivity index (χ3v) is 3.86. The van der Waals surface area contributed by atoms with Gasteiger partial charge >= 0.3 is 0 Å². The van der Waals surface area contributed by atoms with Crippen LogP contribution >= 0.6 is 11.8 Å². The summed E-state index contributed by atoms with van der Waals surface area (Å²) in [5.41, 5.74) is 1.17. The van der Waals surface area contributed by atoms with E-state index >= 15 is 0 Å². The maximum atomic E-state index is 4.42. The van der Waals surface area contributed by atoms with Crippen molar-refractivity contribution in [1.29, 1.82) is 0 Å². The molecule has 1 unspecified atom stereocenters. The van der Waals surface area contributed by atoms with Crippen LogP contribution in [0.2, 0.25) is 0 Å². The van der Waals surface area contributed by atoms with Crippen molar-refractivity contribution in [3.05, 3.63) is 30.6 Å². The van der Waals surface area contributed by atoms with Crippen LogP contribution in [0.3, 0.4) is 0 Å². The van der Waals surface area contributed by atoms with Gasteiger partial charge in [-0.1, -0.05) is 25.1 Å². The smallest absolute Gasteiger partial charge is 0.117 e. The molecule has 0 saturated heterocycles. The Balaban J connectivity index is 2.09. The molecule has 0 radical (unpaired) electrons. The Morgan fingerprint density at radius 2 is 1.95 bits per heavy atom. The van der Waals surface area contributed by atoms with E-state index in [1.54, 1.807) is 18.1 Å². The van der Waals surface area contributed by atoms with Gasteiger partial charge in [-0.3, -0.25) is 0 Å². The summed E-state index contributed by atoms with van der Waals surface area (Å²) in [5, 5.41) is 6.20. The highest BCUT2D eigenvalue weighted by molar-refractivity contribution is 8.00. The van der Waals surface area contributed by atoms with E-state index < -0.39 is 0 Å². The molecule has 2 rings (SSSR count). The number of para-hydroxylation sites is 1. The molecule has 0 aliphatic carbocycles. The third kappa shape index (κ3) is 4.18. The molecule has 0 aliphatic rings. The van der Waals surface area contributed by atoms with E-state index in [1.807, 2.05) is 18.2 Å². The molecule has 102 valence electrons.